The van der Waals surface area contributed by atoms with E-state index >= 15 is 0 Å². The fourth-order valence-electron chi connectivity index (χ4n) is 0.872. The van der Waals surface area contributed by atoms with Crippen LogP contribution in [-0.4, -0.2) is 5.97 Å². The first-order valence-corrected chi connectivity index (χ1v) is 3.58. The molecule has 0 radical (unpaired) electrons. The minimum Gasteiger partial charge on any atom is -0.544 e. The predicted octanol–water partition coefficient (Wildman–Crippen LogP) is -2.60. The van der Waals surface area contributed by atoms with Gasteiger partial charge in [-0.3, -0.25) is 0 Å². The van der Waals surface area contributed by atoms with Crippen molar-refractivity contribution in [1.29, 1.82) is 5.26 Å². The van der Waals surface area contributed by atoms with Crippen LogP contribution in [0.4, 0.5) is 8.78 Å². The molecule has 0 atom stereocenters. The van der Waals surface area contributed by atoms with E-state index in [4.69, 9.17) is 5.26 Å². The van der Waals surface area contributed by atoms with Gasteiger partial charge in [0.15, 0.2) is 0 Å². The summed E-state index contributed by atoms with van der Waals surface area (Å²) in [7, 11) is 0. The maximum atomic E-state index is 12.8. The molecule has 0 N–H and O–H groups in total. The summed E-state index contributed by atoms with van der Waals surface area (Å²) in [5, 5.41) is 18.4. The SMILES string of the molecule is N#Cc1ccc(C(F)(F)C(=O)[O-])cc1.[Na+]. The minimum atomic E-state index is -4.02. The standard InChI is InChI=1S/C9H5F2NO2.Na/c10-9(11,8(13)14)7-3-1-6(5-12)2-4-7;/h1-4H,(H,13,14);/q;+1/p-1. The Bertz CT molecular complexity index is 398. The molecule has 15 heavy (non-hydrogen) atoms. The van der Waals surface area contributed by atoms with E-state index in [0.717, 1.165) is 24.3 Å². The zero-order valence-electron chi connectivity index (χ0n) is 7.83. The zero-order chi connectivity index (χ0) is 10.8. The van der Waals surface area contributed by atoms with Crippen molar-refractivity contribution < 1.29 is 48.2 Å². The summed E-state index contributed by atoms with van der Waals surface area (Å²) < 4.78 is 25.5. The van der Waals surface area contributed by atoms with E-state index in [1.165, 1.54) is 0 Å². The second-order valence-electron chi connectivity index (χ2n) is 2.55. The summed E-state index contributed by atoms with van der Waals surface area (Å²) in [6.45, 7) is 0. The molecule has 0 saturated carbocycles. The molecule has 0 aliphatic heterocycles. The van der Waals surface area contributed by atoms with Crippen molar-refractivity contribution in [3.63, 3.8) is 0 Å². The van der Waals surface area contributed by atoms with Crippen molar-refractivity contribution in [3.05, 3.63) is 35.4 Å². The first-order chi connectivity index (χ1) is 6.48. The predicted molar refractivity (Wildman–Crippen MR) is 40.1 cm³/mol. The number of rotatable bonds is 2. The molecule has 0 spiro atoms. The van der Waals surface area contributed by atoms with E-state index in [0.29, 0.717) is 0 Å². The number of carboxylic acid groups (broad SMARTS) is 1. The molecule has 0 saturated heterocycles. The van der Waals surface area contributed by atoms with Crippen LogP contribution >= 0.6 is 0 Å². The molecule has 0 aliphatic rings. The Balaban J connectivity index is 0.00000196. The quantitative estimate of drug-likeness (QED) is 0.512. The van der Waals surface area contributed by atoms with Crippen LogP contribution in [0.25, 0.3) is 0 Å². The van der Waals surface area contributed by atoms with E-state index in [9.17, 15) is 18.7 Å². The Labute approximate surface area is 107 Å². The number of alkyl halides is 2. The summed E-state index contributed by atoms with van der Waals surface area (Å²) >= 11 is 0. The number of carbonyl (C=O) groups is 1. The Kier molecular flexibility index (Phi) is 4.88. The molecule has 0 heterocycles. The normalized spacial score (nSPS) is 9.93. The molecule has 0 aliphatic carbocycles. The van der Waals surface area contributed by atoms with Crippen molar-refractivity contribution in [2.45, 2.75) is 5.92 Å². The first-order valence-electron chi connectivity index (χ1n) is 3.58. The zero-order valence-corrected chi connectivity index (χ0v) is 9.83. The number of hydrogen-bond acceptors (Lipinski definition) is 3. The van der Waals surface area contributed by atoms with E-state index in [-0.39, 0.29) is 35.1 Å². The number of nitrogens with zero attached hydrogens (tertiary/aromatic N) is 1. The molecule has 72 valence electrons. The van der Waals surface area contributed by atoms with Gasteiger partial charge in [-0.1, -0.05) is 12.1 Å². The summed E-state index contributed by atoms with van der Waals surface area (Å²) in [5.41, 5.74) is -0.514. The number of hydrogen-bond donors (Lipinski definition) is 0. The van der Waals surface area contributed by atoms with Crippen molar-refractivity contribution in [2.75, 3.05) is 0 Å². The van der Waals surface area contributed by atoms with Gasteiger partial charge in [-0.2, -0.15) is 14.0 Å². The minimum absolute atomic E-state index is 0. The number of benzene rings is 1. The third kappa shape index (κ3) is 2.99. The van der Waals surface area contributed by atoms with Crippen molar-refractivity contribution in [1.82, 2.24) is 0 Å². The van der Waals surface area contributed by atoms with Gasteiger partial charge in [0.1, 0.15) is 5.97 Å². The Morgan fingerprint density at radius 3 is 2.13 bits per heavy atom. The van der Waals surface area contributed by atoms with Gasteiger partial charge >= 0.3 is 35.5 Å². The molecule has 1 aromatic rings. The number of carbonyl (C=O) groups excluding carboxylic acids is 1. The van der Waals surface area contributed by atoms with Gasteiger partial charge in [-0.15, -0.1) is 0 Å². The van der Waals surface area contributed by atoms with E-state index in [1.807, 2.05) is 0 Å². The van der Waals surface area contributed by atoms with E-state index < -0.39 is 17.5 Å². The fraction of sp³-hybridized carbons (Fsp3) is 0.111. The van der Waals surface area contributed by atoms with Crippen molar-refractivity contribution in [3.8, 4) is 6.07 Å². The van der Waals surface area contributed by atoms with E-state index in [1.54, 1.807) is 6.07 Å². The third-order valence-corrected chi connectivity index (χ3v) is 1.63. The van der Waals surface area contributed by atoms with Gasteiger partial charge in [-0.25, -0.2) is 0 Å². The molecule has 1 rings (SSSR count). The number of aliphatic carboxylic acids is 1. The van der Waals surface area contributed by atoms with Gasteiger partial charge in [0.25, 0.3) is 0 Å². The third-order valence-electron chi connectivity index (χ3n) is 1.63. The Hall–Kier alpha value is -0.960. The second-order valence-corrected chi connectivity index (χ2v) is 2.55. The molecule has 0 aromatic heterocycles. The summed E-state index contributed by atoms with van der Waals surface area (Å²) in [4.78, 5) is 10.0. The topological polar surface area (TPSA) is 63.9 Å². The van der Waals surface area contributed by atoms with E-state index in [2.05, 4.69) is 0 Å². The van der Waals surface area contributed by atoms with Crippen LogP contribution in [0.2, 0.25) is 0 Å². The Morgan fingerprint density at radius 1 is 1.33 bits per heavy atom. The van der Waals surface area contributed by atoms with Gasteiger partial charge in [0.05, 0.1) is 11.6 Å². The summed E-state index contributed by atoms with van der Waals surface area (Å²) in [5.74, 6) is -6.48. The average Bonchev–Trinajstić information content (AvgIpc) is 2.17. The fourth-order valence-corrected chi connectivity index (χ4v) is 0.872. The number of carboxylic acids is 1. The second kappa shape index (κ2) is 5.21. The van der Waals surface area contributed by atoms with Gasteiger partial charge in [-0.05, 0) is 12.1 Å². The van der Waals surface area contributed by atoms with Crippen LogP contribution in [0, 0.1) is 11.3 Å². The molecule has 0 bridgehead atoms. The van der Waals surface area contributed by atoms with Crippen LogP contribution in [0.5, 0.6) is 0 Å². The largest absolute Gasteiger partial charge is 1.00 e. The molecular formula is C9H4F2NNaO2. The van der Waals surface area contributed by atoms with Crippen LogP contribution in [0.1, 0.15) is 11.1 Å². The molecule has 0 amide bonds. The molecular weight excluding hydrogens is 215 g/mol. The van der Waals surface area contributed by atoms with Crippen molar-refractivity contribution >= 4 is 5.97 Å². The van der Waals surface area contributed by atoms with Gasteiger partial charge < -0.3 is 9.90 Å². The molecule has 0 unspecified atom stereocenters. The molecule has 6 heteroatoms. The van der Waals surface area contributed by atoms with Crippen LogP contribution in [0.15, 0.2) is 24.3 Å². The average molecular weight is 219 g/mol. The number of halogens is 2. The summed E-state index contributed by atoms with van der Waals surface area (Å²) in [6, 6.07) is 5.73. The van der Waals surface area contributed by atoms with Gasteiger partial charge in [0, 0.05) is 5.56 Å². The van der Waals surface area contributed by atoms with Gasteiger partial charge in [0.2, 0.25) is 0 Å². The Morgan fingerprint density at radius 2 is 1.80 bits per heavy atom. The van der Waals surface area contributed by atoms with Crippen LogP contribution in [0.3, 0.4) is 0 Å². The van der Waals surface area contributed by atoms with Crippen LogP contribution in [-0.2, 0) is 10.7 Å². The van der Waals surface area contributed by atoms with Crippen LogP contribution < -0.4 is 34.7 Å². The molecule has 0 fully saturated rings. The maximum absolute atomic E-state index is 12.8. The summed E-state index contributed by atoms with van der Waals surface area (Å²) in [6.07, 6.45) is 0. The molecule has 1 aromatic carbocycles. The first kappa shape index (κ1) is 14.0. The monoisotopic (exact) mass is 219 g/mol. The molecule has 3 nitrogen and oxygen atoms in total. The maximum Gasteiger partial charge on any atom is 1.00 e. The number of nitriles is 1. The smallest absolute Gasteiger partial charge is 0.544 e. The van der Waals surface area contributed by atoms with Crippen molar-refractivity contribution in [2.24, 2.45) is 0 Å².